The van der Waals surface area contributed by atoms with Gasteiger partial charge in [-0.2, -0.15) is 0 Å². The molecule has 0 N–H and O–H groups in total. The first-order valence-electron chi connectivity index (χ1n) is 11.3. The van der Waals surface area contributed by atoms with Crippen LogP contribution in [0.4, 0.5) is 0 Å². The van der Waals surface area contributed by atoms with Crippen LogP contribution in [0.15, 0.2) is 66.7 Å². The molecule has 0 fully saturated rings. The molecule has 4 heteroatoms. The van der Waals surface area contributed by atoms with Crippen molar-refractivity contribution < 1.29 is 18.9 Å². The molecule has 0 aliphatic carbocycles. The predicted molar refractivity (Wildman–Crippen MR) is 132 cm³/mol. The summed E-state index contributed by atoms with van der Waals surface area (Å²) in [7, 11) is 0. The zero-order valence-corrected chi connectivity index (χ0v) is 19.3. The fraction of sp³-hybridized carbons (Fsp3) is 0.241. The molecule has 0 spiro atoms. The van der Waals surface area contributed by atoms with Gasteiger partial charge in [-0.1, -0.05) is 30.3 Å². The van der Waals surface area contributed by atoms with Gasteiger partial charge < -0.3 is 18.9 Å². The maximum absolute atomic E-state index is 6.27. The molecule has 4 nitrogen and oxygen atoms in total. The first-order chi connectivity index (χ1) is 16.0. The van der Waals surface area contributed by atoms with E-state index in [1.54, 1.807) is 0 Å². The van der Waals surface area contributed by atoms with Gasteiger partial charge in [0.2, 0.25) is 0 Å². The quantitative estimate of drug-likeness (QED) is 0.423. The number of benzene rings is 3. The van der Waals surface area contributed by atoms with Gasteiger partial charge in [0.15, 0.2) is 0 Å². The maximum Gasteiger partial charge on any atom is 0.137 e. The minimum atomic E-state index is -0.315. The number of ether oxygens (including phenoxy) is 4. The molecule has 33 heavy (non-hydrogen) atoms. The lowest BCUT2D eigenvalue weighted by Crippen LogP contribution is -2.27. The summed E-state index contributed by atoms with van der Waals surface area (Å²) in [6.07, 6.45) is 6.35. The second-order valence-electron chi connectivity index (χ2n) is 8.76. The molecule has 0 amide bonds. The van der Waals surface area contributed by atoms with Crippen molar-refractivity contribution in [2.75, 3.05) is 13.2 Å². The average molecular weight is 441 g/mol. The Bertz CT molecular complexity index is 1220. The topological polar surface area (TPSA) is 36.9 Å². The second kappa shape index (κ2) is 8.70. The smallest absolute Gasteiger partial charge is 0.137 e. The van der Waals surface area contributed by atoms with Crippen molar-refractivity contribution in [3.63, 3.8) is 0 Å². The van der Waals surface area contributed by atoms with Gasteiger partial charge in [0.25, 0.3) is 0 Å². The molecule has 0 saturated heterocycles. The Labute approximate surface area is 195 Å². The van der Waals surface area contributed by atoms with E-state index in [2.05, 4.69) is 42.5 Å². The fourth-order valence-electron chi connectivity index (χ4n) is 4.14. The van der Waals surface area contributed by atoms with E-state index in [4.69, 9.17) is 18.9 Å². The van der Waals surface area contributed by atoms with E-state index in [0.29, 0.717) is 19.8 Å². The molecule has 0 saturated carbocycles. The number of rotatable bonds is 6. The van der Waals surface area contributed by atoms with Crippen LogP contribution in [0.2, 0.25) is 0 Å². The number of hydrogen-bond donors (Lipinski definition) is 0. The summed E-state index contributed by atoms with van der Waals surface area (Å²) in [5.41, 5.74) is 4.90. The normalized spacial score (nSPS) is 15.4. The van der Waals surface area contributed by atoms with Gasteiger partial charge in [-0.15, -0.1) is 0 Å². The van der Waals surface area contributed by atoms with Gasteiger partial charge in [-0.3, -0.25) is 0 Å². The van der Waals surface area contributed by atoms with Crippen LogP contribution in [0.1, 0.15) is 43.0 Å². The second-order valence-corrected chi connectivity index (χ2v) is 8.76. The van der Waals surface area contributed by atoms with Crippen LogP contribution in [0, 0.1) is 0 Å². The van der Waals surface area contributed by atoms with E-state index in [9.17, 15) is 0 Å². The zero-order valence-electron chi connectivity index (χ0n) is 19.3. The number of hydrogen-bond acceptors (Lipinski definition) is 4. The molecule has 0 atom stereocenters. The summed E-state index contributed by atoms with van der Waals surface area (Å²) < 4.78 is 24.4. The molecule has 3 aromatic rings. The molecule has 0 aromatic heterocycles. The van der Waals surface area contributed by atoms with E-state index in [0.717, 1.165) is 50.8 Å². The molecule has 2 aliphatic rings. The van der Waals surface area contributed by atoms with Crippen molar-refractivity contribution in [2.24, 2.45) is 0 Å². The molecule has 0 bridgehead atoms. The molecule has 2 heterocycles. The van der Waals surface area contributed by atoms with Crippen LogP contribution in [0.5, 0.6) is 23.0 Å². The summed E-state index contributed by atoms with van der Waals surface area (Å²) in [6.45, 7) is 7.62. The van der Waals surface area contributed by atoms with Gasteiger partial charge in [0.05, 0.1) is 12.2 Å². The number of fused-ring (bicyclic) bond motifs is 3. The average Bonchev–Trinajstić information content (AvgIpc) is 2.82. The van der Waals surface area contributed by atoms with Crippen molar-refractivity contribution in [1.82, 2.24) is 0 Å². The molecule has 0 radical (unpaired) electrons. The predicted octanol–water partition coefficient (Wildman–Crippen LogP) is 6.78. The van der Waals surface area contributed by atoms with E-state index in [-0.39, 0.29) is 5.60 Å². The highest BCUT2D eigenvalue weighted by Gasteiger charge is 2.27. The van der Waals surface area contributed by atoms with Crippen molar-refractivity contribution in [3.8, 4) is 23.0 Å². The molecule has 3 aromatic carbocycles. The van der Waals surface area contributed by atoms with Gasteiger partial charge in [0.1, 0.15) is 41.8 Å². The summed E-state index contributed by atoms with van der Waals surface area (Å²) in [5, 5.41) is 0. The summed E-state index contributed by atoms with van der Waals surface area (Å²) in [6, 6.07) is 20.2. The Balaban J connectivity index is 1.48. The van der Waals surface area contributed by atoms with Crippen molar-refractivity contribution in [2.45, 2.75) is 33.0 Å². The minimum Gasteiger partial charge on any atom is -0.494 e. The van der Waals surface area contributed by atoms with Gasteiger partial charge in [0, 0.05) is 22.8 Å². The van der Waals surface area contributed by atoms with Crippen molar-refractivity contribution in [1.29, 1.82) is 0 Å². The van der Waals surface area contributed by atoms with Crippen LogP contribution in [-0.4, -0.2) is 18.8 Å². The summed E-state index contributed by atoms with van der Waals surface area (Å²) in [4.78, 5) is 0. The standard InChI is InChI=1S/C29H28O4/c1-4-30-23-11-12-24(27(17-23)31-18-20-8-6-5-7-9-20)22-16-21-10-13-26-25(28(21)32-19-22)14-15-29(2,3)33-26/h5-17H,4,18-19H2,1-3H3. The Hall–Kier alpha value is -3.66. The Morgan fingerprint density at radius 3 is 2.64 bits per heavy atom. The summed E-state index contributed by atoms with van der Waals surface area (Å²) >= 11 is 0. The highest BCUT2D eigenvalue weighted by molar-refractivity contribution is 5.90. The zero-order chi connectivity index (χ0) is 22.8. The maximum atomic E-state index is 6.27. The van der Waals surface area contributed by atoms with Crippen LogP contribution in [0.3, 0.4) is 0 Å². The lowest BCUT2D eigenvalue weighted by Gasteiger charge is -2.30. The first kappa shape index (κ1) is 21.2. The largest absolute Gasteiger partial charge is 0.494 e. The summed E-state index contributed by atoms with van der Waals surface area (Å²) in [5.74, 6) is 3.29. The Morgan fingerprint density at radius 2 is 1.82 bits per heavy atom. The third-order valence-electron chi connectivity index (χ3n) is 5.76. The molecular weight excluding hydrogens is 412 g/mol. The molecule has 0 unspecified atom stereocenters. The van der Waals surface area contributed by atoms with Crippen LogP contribution < -0.4 is 18.9 Å². The lowest BCUT2D eigenvalue weighted by atomic mass is 9.95. The van der Waals surface area contributed by atoms with E-state index in [1.165, 1.54) is 0 Å². The lowest BCUT2D eigenvalue weighted by molar-refractivity contribution is 0.158. The molecule has 2 aliphatic heterocycles. The van der Waals surface area contributed by atoms with Gasteiger partial charge >= 0.3 is 0 Å². The highest BCUT2D eigenvalue weighted by Crippen LogP contribution is 2.43. The van der Waals surface area contributed by atoms with Gasteiger partial charge in [-0.05, 0) is 68.8 Å². The highest BCUT2D eigenvalue weighted by atomic mass is 16.5. The third kappa shape index (κ3) is 4.47. The van der Waals surface area contributed by atoms with Crippen LogP contribution >= 0.6 is 0 Å². The van der Waals surface area contributed by atoms with Crippen molar-refractivity contribution in [3.05, 3.63) is 89.0 Å². The van der Waals surface area contributed by atoms with E-state index >= 15 is 0 Å². The minimum absolute atomic E-state index is 0.315. The van der Waals surface area contributed by atoms with Crippen LogP contribution in [0.25, 0.3) is 17.7 Å². The molecular formula is C29H28O4. The Morgan fingerprint density at radius 1 is 0.970 bits per heavy atom. The van der Waals surface area contributed by atoms with Crippen LogP contribution in [-0.2, 0) is 6.61 Å². The SMILES string of the molecule is CCOc1ccc(C2=Cc3ccc4c(c3OC2)C=CC(C)(C)O4)c(OCc2ccccc2)c1. The molecule has 168 valence electrons. The fourth-order valence-corrected chi connectivity index (χ4v) is 4.14. The third-order valence-corrected chi connectivity index (χ3v) is 5.76. The first-order valence-corrected chi connectivity index (χ1v) is 11.3. The van der Waals surface area contributed by atoms with Gasteiger partial charge in [-0.25, -0.2) is 0 Å². The molecule has 5 rings (SSSR count). The van der Waals surface area contributed by atoms with E-state index < -0.39 is 0 Å². The Kier molecular flexibility index (Phi) is 5.59. The van der Waals surface area contributed by atoms with E-state index in [1.807, 2.05) is 57.2 Å². The monoisotopic (exact) mass is 440 g/mol. The van der Waals surface area contributed by atoms with Crippen molar-refractivity contribution >= 4 is 17.7 Å².